The Labute approximate surface area is 133 Å². The SMILES string of the molecule is CN(Cc1ccccc1C1CCNCC1)C(=O)OC(C)(C)C. The molecular formula is C18H28N2O2. The van der Waals surface area contributed by atoms with Gasteiger partial charge in [0.2, 0.25) is 0 Å². The Kier molecular flexibility index (Phi) is 5.46. The van der Waals surface area contributed by atoms with Crippen molar-refractivity contribution < 1.29 is 9.53 Å². The van der Waals surface area contributed by atoms with Gasteiger partial charge >= 0.3 is 6.09 Å². The van der Waals surface area contributed by atoms with E-state index in [4.69, 9.17) is 4.74 Å². The first-order valence-corrected chi connectivity index (χ1v) is 8.09. The molecular weight excluding hydrogens is 276 g/mol. The molecule has 0 aliphatic carbocycles. The van der Waals surface area contributed by atoms with Crippen molar-refractivity contribution in [1.29, 1.82) is 0 Å². The van der Waals surface area contributed by atoms with Crippen molar-refractivity contribution >= 4 is 6.09 Å². The molecule has 1 saturated heterocycles. The molecule has 1 amide bonds. The number of benzene rings is 1. The van der Waals surface area contributed by atoms with E-state index >= 15 is 0 Å². The summed E-state index contributed by atoms with van der Waals surface area (Å²) in [6, 6.07) is 8.46. The summed E-state index contributed by atoms with van der Waals surface area (Å²) in [4.78, 5) is 13.8. The highest BCUT2D eigenvalue weighted by atomic mass is 16.6. The first kappa shape index (κ1) is 16.8. The van der Waals surface area contributed by atoms with Crippen LogP contribution in [-0.2, 0) is 11.3 Å². The van der Waals surface area contributed by atoms with Gasteiger partial charge in [0.1, 0.15) is 5.60 Å². The molecule has 1 aromatic carbocycles. The molecule has 0 atom stereocenters. The Balaban J connectivity index is 2.07. The standard InChI is InChI=1S/C18H28N2O2/c1-18(2,3)22-17(21)20(4)13-15-7-5-6-8-16(15)14-9-11-19-12-10-14/h5-8,14,19H,9-13H2,1-4H3. The summed E-state index contributed by atoms with van der Waals surface area (Å²) in [6.07, 6.45) is 2.05. The summed E-state index contributed by atoms with van der Waals surface area (Å²) in [5, 5.41) is 3.40. The maximum Gasteiger partial charge on any atom is 0.410 e. The minimum Gasteiger partial charge on any atom is -0.444 e. The normalized spacial score (nSPS) is 16.4. The van der Waals surface area contributed by atoms with Crippen LogP contribution in [0.5, 0.6) is 0 Å². The molecule has 22 heavy (non-hydrogen) atoms. The van der Waals surface area contributed by atoms with Crippen LogP contribution in [0.4, 0.5) is 4.79 Å². The van der Waals surface area contributed by atoms with Crippen molar-refractivity contribution in [3.05, 3.63) is 35.4 Å². The molecule has 2 rings (SSSR count). The third-order valence-corrected chi connectivity index (χ3v) is 3.95. The molecule has 0 spiro atoms. The Morgan fingerprint density at radius 1 is 1.27 bits per heavy atom. The van der Waals surface area contributed by atoms with E-state index in [1.807, 2.05) is 26.8 Å². The van der Waals surface area contributed by atoms with E-state index in [0.29, 0.717) is 12.5 Å². The van der Waals surface area contributed by atoms with E-state index in [0.717, 1.165) is 25.9 Å². The Hall–Kier alpha value is -1.55. The maximum absolute atomic E-state index is 12.1. The quantitative estimate of drug-likeness (QED) is 0.929. The third kappa shape index (κ3) is 4.73. The molecule has 1 aliphatic heterocycles. The summed E-state index contributed by atoms with van der Waals surface area (Å²) in [6.45, 7) is 8.40. The first-order chi connectivity index (χ1) is 10.4. The lowest BCUT2D eigenvalue weighted by Gasteiger charge is -2.28. The number of amides is 1. The fraction of sp³-hybridized carbons (Fsp3) is 0.611. The van der Waals surface area contributed by atoms with E-state index in [-0.39, 0.29) is 6.09 Å². The number of carbonyl (C=O) groups is 1. The van der Waals surface area contributed by atoms with Gasteiger partial charge in [-0.2, -0.15) is 0 Å². The van der Waals surface area contributed by atoms with Crippen LogP contribution in [0, 0.1) is 0 Å². The molecule has 1 N–H and O–H groups in total. The van der Waals surface area contributed by atoms with Gasteiger partial charge in [-0.15, -0.1) is 0 Å². The average molecular weight is 304 g/mol. The van der Waals surface area contributed by atoms with Gasteiger partial charge in [0.25, 0.3) is 0 Å². The van der Waals surface area contributed by atoms with Gasteiger partial charge < -0.3 is 15.0 Å². The van der Waals surface area contributed by atoms with Gasteiger partial charge in [0, 0.05) is 13.6 Å². The van der Waals surface area contributed by atoms with Crippen molar-refractivity contribution in [2.45, 2.75) is 51.7 Å². The lowest BCUT2D eigenvalue weighted by atomic mass is 9.87. The van der Waals surface area contributed by atoms with Crippen LogP contribution in [0.3, 0.4) is 0 Å². The number of ether oxygens (including phenoxy) is 1. The second kappa shape index (κ2) is 7.14. The van der Waals surface area contributed by atoms with Crippen LogP contribution in [0.25, 0.3) is 0 Å². The fourth-order valence-electron chi connectivity index (χ4n) is 2.87. The highest BCUT2D eigenvalue weighted by Crippen LogP contribution is 2.28. The predicted octanol–water partition coefficient (Wildman–Crippen LogP) is 3.52. The van der Waals surface area contributed by atoms with E-state index < -0.39 is 5.60 Å². The van der Waals surface area contributed by atoms with Crippen LogP contribution in [0.1, 0.15) is 50.7 Å². The molecule has 1 aromatic rings. The zero-order chi connectivity index (χ0) is 16.2. The van der Waals surface area contributed by atoms with Crippen LogP contribution in [-0.4, -0.2) is 36.7 Å². The molecule has 0 unspecified atom stereocenters. The molecule has 0 bridgehead atoms. The zero-order valence-electron chi connectivity index (χ0n) is 14.2. The monoisotopic (exact) mass is 304 g/mol. The van der Waals surface area contributed by atoms with E-state index in [1.54, 1.807) is 11.9 Å². The molecule has 4 heteroatoms. The summed E-state index contributed by atoms with van der Waals surface area (Å²) in [5.41, 5.74) is 2.14. The topological polar surface area (TPSA) is 41.6 Å². The van der Waals surface area contributed by atoms with Crippen molar-refractivity contribution in [3.63, 3.8) is 0 Å². The van der Waals surface area contributed by atoms with Crippen molar-refractivity contribution in [2.75, 3.05) is 20.1 Å². The van der Waals surface area contributed by atoms with E-state index in [1.165, 1.54) is 11.1 Å². The van der Waals surface area contributed by atoms with Crippen LogP contribution in [0.2, 0.25) is 0 Å². The van der Waals surface area contributed by atoms with Crippen molar-refractivity contribution in [2.24, 2.45) is 0 Å². The van der Waals surface area contributed by atoms with Gasteiger partial charge in [-0.05, 0) is 63.7 Å². The smallest absolute Gasteiger partial charge is 0.410 e. The molecule has 0 aromatic heterocycles. The number of nitrogens with zero attached hydrogens (tertiary/aromatic N) is 1. The molecule has 4 nitrogen and oxygen atoms in total. The van der Waals surface area contributed by atoms with Crippen molar-refractivity contribution in [3.8, 4) is 0 Å². The molecule has 1 heterocycles. The number of rotatable bonds is 3. The van der Waals surface area contributed by atoms with Crippen LogP contribution >= 0.6 is 0 Å². The summed E-state index contributed by atoms with van der Waals surface area (Å²) in [5.74, 6) is 0.587. The number of hydrogen-bond donors (Lipinski definition) is 1. The summed E-state index contributed by atoms with van der Waals surface area (Å²) >= 11 is 0. The summed E-state index contributed by atoms with van der Waals surface area (Å²) in [7, 11) is 1.80. The number of carbonyl (C=O) groups excluding carboxylic acids is 1. The number of piperidine rings is 1. The lowest BCUT2D eigenvalue weighted by Crippen LogP contribution is -2.34. The fourth-order valence-corrected chi connectivity index (χ4v) is 2.87. The second-order valence-corrected chi connectivity index (χ2v) is 7.06. The predicted molar refractivity (Wildman–Crippen MR) is 89.0 cm³/mol. The van der Waals surface area contributed by atoms with Gasteiger partial charge in [-0.1, -0.05) is 24.3 Å². The van der Waals surface area contributed by atoms with E-state index in [2.05, 4.69) is 23.5 Å². The molecule has 1 fully saturated rings. The average Bonchev–Trinajstić information content (AvgIpc) is 2.47. The van der Waals surface area contributed by atoms with Crippen LogP contribution in [0.15, 0.2) is 24.3 Å². The highest BCUT2D eigenvalue weighted by Gasteiger charge is 2.22. The highest BCUT2D eigenvalue weighted by molar-refractivity contribution is 5.67. The Morgan fingerprint density at radius 2 is 1.91 bits per heavy atom. The molecule has 122 valence electrons. The van der Waals surface area contributed by atoms with Gasteiger partial charge in [-0.25, -0.2) is 4.79 Å². The second-order valence-electron chi connectivity index (χ2n) is 7.06. The minimum absolute atomic E-state index is 0.271. The lowest BCUT2D eigenvalue weighted by molar-refractivity contribution is 0.0284. The van der Waals surface area contributed by atoms with Crippen LogP contribution < -0.4 is 5.32 Å². The number of hydrogen-bond acceptors (Lipinski definition) is 3. The molecule has 0 saturated carbocycles. The van der Waals surface area contributed by atoms with Gasteiger partial charge in [0.05, 0.1) is 0 Å². The summed E-state index contributed by atoms with van der Waals surface area (Å²) < 4.78 is 5.43. The first-order valence-electron chi connectivity index (χ1n) is 8.09. The third-order valence-electron chi connectivity index (χ3n) is 3.95. The minimum atomic E-state index is -0.458. The largest absolute Gasteiger partial charge is 0.444 e. The molecule has 1 aliphatic rings. The number of nitrogens with one attached hydrogen (secondary N) is 1. The zero-order valence-corrected chi connectivity index (χ0v) is 14.2. The van der Waals surface area contributed by atoms with Gasteiger partial charge in [0.15, 0.2) is 0 Å². The van der Waals surface area contributed by atoms with Crippen molar-refractivity contribution in [1.82, 2.24) is 10.2 Å². The van der Waals surface area contributed by atoms with E-state index in [9.17, 15) is 4.79 Å². The molecule has 0 radical (unpaired) electrons. The Bertz CT molecular complexity index is 502. The van der Waals surface area contributed by atoms with Gasteiger partial charge in [-0.3, -0.25) is 0 Å². The maximum atomic E-state index is 12.1. The Morgan fingerprint density at radius 3 is 2.55 bits per heavy atom.